The lowest BCUT2D eigenvalue weighted by molar-refractivity contribution is 0.0943. The number of nitrogens with one attached hydrogen (secondary N) is 1. The number of carbonyl (C=O) groups excluding carboxylic acids is 1. The topological polar surface area (TPSA) is 98.2 Å². The Bertz CT molecular complexity index is 1040. The van der Waals surface area contributed by atoms with Crippen LogP contribution < -0.4 is 10.1 Å². The van der Waals surface area contributed by atoms with E-state index in [0.717, 1.165) is 42.9 Å². The Balaban J connectivity index is 1.89. The van der Waals surface area contributed by atoms with Crippen molar-refractivity contribution in [2.45, 2.75) is 51.5 Å². The van der Waals surface area contributed by atoms with E-state index in [9.17, 15) is 13.2 Å². The summed E-state index contributed by atoms with van der Waals surface area (Å²) in [5.74, 6) is 1.36. The third-order valence-electron chi connectivity index (χ3n) is 5.01. The summed E-state index contributed by atoms with van der Waals surface area (Å²) >= 11 is 0. The maximum absolute atomic E-state index is 12.9. The molecule has 30 heavy (non-hydrogen) atoms. The maximum atomic E-state index is 12.9. The van der Waals surface area contributed by atoms with Gasteiger partial charge in [0.15, 0.2) is 9.84 Å². The summed E-state index contributed by atoms with van der Waals surface area (Å²) < 4.78 is 28.6. The number of hydrogen-bond donors (Lipinski definition) is 1. The summed E-state index contributed by atoms with van der Waals surface area (Å²) in [6.45, 7) is 3.61. The molecule has 0 aliphatic heterocycles. The number of amides is 1. The van der Waals surface area contributed by atoms with Crippen molar-refractivity contribution in [1.82, 2.24) is 15.3 Å². The monoisotopic (exact) mass is 429 g/mol. The number of benzene rings is 1. The summed E-state index contributed by atoms with van der Waals surface area (Å²) in [7, 11) is -3.27. The lowest BCUT2D eigenvalue weighted by Gasteiger charge is -2.16. The predicted octanol–water partition coefficient (Wildman–Crippen LogP) is 3.91. The van der Waals surface area contributed by atoms with E-state index in [2.05, 4.69) is 15.3 Å². The zero-order chi connectivity index (χ0) is 21.7. The molecule has 1 aromatic heterocycles. The summed E-state index contributed by atoms with van der Waals surface area (Å²) in [6, 6.07) is 7.03. The van der Waals surface area contributed by atoms with Gasteiger partial charge in [0.25, 0.3) is 5.91 Å². The van der Waals surface area contributed by atoms with Crippen molar-refractivity contribution in [2.24, 2.45) is 0 Å². The number of para-hydroxylation sites is 1. The molecule has 1 heterocycles. The number of rotatable bonds is 7. The summed E-state index contributed by atoms with van der Waals surface area (Å²) in [5.41, 5.74) is 1.13. The van der Waals surface area contributed by atoms with Crippen molar-refractivity contribution in [3.8, 4) is 11.6 Å². The largest absolute Gasteiger partial charge is 0.438 e. The van der Waals surface area contributed by atoms with E-state index in [-0.39, 0.29) is 17.4 Å². The van der Waals surface area contributed by atoms with Gasteiger partial charge >= 0.3 is 0 Å². The summed E-state index contributed by atoms with van der Waals surface area (Å²) in [4.78, 5) is 21.9. The van der Waals surface area contributed by atoms with E-state index in [1.165, 1.54) is 12.3 Å². The van der Waals surface area contributed by atoms with Crippen LogP contribution in [0, 0.1) is 6.92 Å². The van der Waals surface area contributed by atoms with Gasteiger partial charge in [0, 0.05) is 29.8 Å². The van der Waals surface area contributed by atoms with Gasteiger partial charge < -0.3 is 10.1 Å². The molecule has 2 aromatic rings. The second-order valence-electron chi connectivity index (χ2n) is 7.72. The van der Waals surface area contributed by atoms with Gasteiger partial charge in [-0.2, -0.15) is 4.98 Å². The quantitative estimate of drug-likeness (QED) is 0.716. The lowest BCUT2D eigenvalue weighted by Crippen LogP contribution is -2.32. The molecule has 1 aliphatic carbocycles. The van der Waals surface area contributed by atoms with Crippen LogP contribution in [0.1, 0.15) is 60.3 Å². The molecule has 3 rings (SSSR count). The van der Waals surface area contributed by atoms with Gasteiger partial charge in [-0.3, -0.25) is 4.79 Å². The van der Waals surface area contributed by atoms with E-state index >= 15 is 0 Å². The van der Waals surface area contributed by atoms with E-state index in [4.69, 9.17) is 4.74 Å². The smallest absolute Gasteiger partial charge is 0.258 e. The second-order valence-corrected chi connectivity index (χ2v) is 9.65. The summed E-state index contributed by atoms with van der Waals surface area (Å²) in [6.07, 6.45) is 8.37. The molecule has 1 aromatic carbocycles. The number of nitrogens with zero attached hydrogens (tertiary/aromatic N) is 2. The molecule has 7 nitrogen and oxygen atoms in total. The Kier molecular flexibility index (Phi) is 6.87. The maximum Gasteiger partial charge on any atom is 0.258 e. The van der Waals surface area contributed by atoms with Crippen LogP contribution in [0.3, 0.4) is 0 Å². The molecule has 8 heteroatoms. The molecule has 160 valence electrons. The lowest BCUT2D eigenvalue weighted by atomic mass is 10.1. The highest BCUT2D eigenvalue weighted by Gasteiger charge is 2.24. The van der Waals surface area contributed by atoms with Crippen molar-refractivity contribution in [2.75, 3.05) is 6.26 Å². The minimum atomic E-state index is -3.27. The van der Waals surface area contributed by atoms with Crippen molar-refractivity contribution in [1.29, 1.82) is 0 Å². The van der Waals surface area contributed by atoms with Crippen LogP contribution in [-0.4, -0.2) is 36.6 Å². The van der Waals surface area contributed by atoms with Gasteiger partial charge in [-0.15, -0.1) is 0 Å². The van der Waals surface area contributed by atoms with Crippen LogP contribution in [0.25, 0.3) is 0 Å². The average Bonchev–Trinajstić information content (AvgIpc) is 3.22. The highest BCUT2D eigenvalue weighted by molar-refractivity contribution is 7.93. The predicted molar refractivity (Wildman–Crippen MR) is 115 cm³/mol. The van der Waals surface area contributed by atoms with Crippen LogP contribution >= 0.6 is 0 Å². The second kappa shape index (κ2) is 9.38. The molecule has 1 fully saturated rings. The fourth-order valence-corrected chi connectivity index (χ4v) is 3.88. The van der Waals surface area contributed by atoms with Crippen LogP contribution in [-0.2, 0) is 9.84 Å². The standard InChI is InChI=1S/C22H27N3O4S/c1-15-8-4-7-11-19(15)29-22-18(14-23-20(25-22)17-9-5-6-10-17)21(26)24-16(2)12-13-30(3,27)28/h4,7-8,11-14,16-17H,5-6,9-10H2,1-3H3,(H,24,26)/b13-12+. The van der Waals surface area contributed by atoms with Crippen molar-refractivity contribution in [3.63, 3.8) is 0 Å². The Morgan fingerprint density at radius 2 is 1.97 bits per heavy atom. The molecular formula is C22H27N3O4S. The van der Waals surface area contributed by atoms with Gasteiger partial charge in [0.2, 0.25) is 5.88 Å². The molecule has 1 amide bonds. The third kappa shape index (κ3) is 5.89. The van der Waals surface area contributed by atoms with Crippen LogP contribution in [0.5, 0.6) is 11.6 Å². The molecule has 0 saturated heterocycles. The van der Waals surface area contributed by atoms with Crippen LogP contribution in [0.2, 0.25) is 0 Å². The molecule has 1 unspecified atom stereocenters. The van der Waals surface area contributed by atoms with Crippen molar-refractivity contribution < 1.29 is 17.9 Å². The Morgan fingerprint density at radius 1 is 1.27 bits per heavy atom. The fourth-order valence-electron chi connectivity index (χ4n) is 3.36. The van der Waals surface area contributed by atoms with E-state index < -0.39 is 21.8 Å². The molecule has 0 spiro atoms. The average molecular weight is 430 g/mol. The molecule has 1 N–H and O–H groups in total. The number of aromatic nitrogens is 2. The SMILES string of the molecule is Cc1ccccc1Oc1nc(C2CCCC2)ncc1C(=O)NC(C)/C=C/S(C)(=O)=O. The number of carbonyl (C=O) groups is 1. The molecule has 1 aliphatic rings. The van der Waals surface area contributed by atoms with Gasteiger partial charge in [-0.1, -0.05) is 37.1 Å². The Morgan fingerprint density at radius 3 is 2.63 bits per heavy atom. The Labute approximate surface area is 177 Å². The van der Waals surface area contributed by atoms with E-state index in [0.29, 0.717) is 11.6 Å². The highest BCUT2D eigenvalue weighted by Crippen LogP contribution is 2.34. The Hall–Kier alpha value is -2.74. The highest BCUT2D eigenvalue weighted by atomic mass is 32.2. The van der Waals surface area contributed by atoms with Crippen molar-refractivity contribution >= 4 is 15.7 Å². The first kappa shape index (κ1) is 22.0. The van der Waals surface area contributed by atoms with Crippen molar-refractivity contribution in [3.05, 3.63) is 58.9 Å². The molecule has 1 atom stereocenters. The van der Waals surface area contributed by atoms with E-state index in [1.807, 2.05) is 31.2 Å². The molecular weight excluding hydrogens is 402 g/mol. The van der Waals surface area contributed by atoms with Gasteiger partial charge in [0.05, 0.1) is 0 Å². The van der Waals surface area contributed by atoms with E-state index in [1.54, 1.807) is 6.92 Å². The number of aryl methyl sites for hydroxylation is 1. The van der Waals surface area contributed by atoms with Gasteiger partial charge in [-0.25, -0.2) is 13.4 Å². The minimum absolute atomic E-state index is 0.206. The van der Waals surface area contributed by atoms with Gasteiger partial charge in [0.1, 0.15) is 17.1 Å². The zero-order valence-corrected chi connectivity index (χ0v) is 18.3. The molecule has 0 bridgehead atoms. The fraction of sp³-hybridized carbons (Fsp3) is 0.409. The molecule has 1 saturated carbocycles. The zero-order valence-electron chi connectivity index (χ0n) is 17.5. The first-order valence-corrected chi connectivity index (χ1v) is 12.0. The minimum Gasteiger partial charge on any atom is -0.438 e. The number of hydrogen-bond acceptors (Lipinski definition) is 6. The third-order valence-corrected chi connectivity index (χ3v) is 5.66. The first-order chi connectivity index (χ1) is 14.2. The number of ether oxygens (including phenoxy) is 1. The first-order valence-electron chi connectivity index (χ1n) is 10.0. The normalized spacial score (nSPS) is 16.0. The summed E-state index contributed by atoms with van der Waals surface area (Å²) in [5, 5.41) is 3.82. The van der Waals surface area contributed by atoms with Crippen LogP contribution in [0.15, 0.2) is 41.9 Å². The number of sulfone groups is 1. The molecule has 0 radical (unpaired) electrons. The van der Waals surface area contributed by atoms with Crippen LogP contribution in [0.4, 0.5) is 0 Å². The van der Waals surface area contributed by atoms with Gasteiger partial charge in [-0.05, 0) is 38.3 Å².